The number of hydrogen-bond acceptors (Lipinski definition) is 4. The molecule has 0 aliphatic heterocycles. The van der Waals surface area contributed by atoms with E-state index < -0.39 is 0 Å². The van der Waals surface area contributed by atoms with Gasteiger partial charge in [0.25, 0.3) is 0 Å². The molecule has 1 heterocycles. The third-order valence-corrected chi connectivity index (χ3v) is 2.79. The molecular formula is C11H17N3O. The van der Waals surface area contributed by atoms with Crippen LogP contribution in [0.3, 0.4) is 0 Å². The second kappa shape index (κ2) is 4.47. The average molecular weight is 207 g/mol. The highest BCUT2D eigenvalue weighted by atomic mass is 16.5. The standard InChI is InChI=1S/C11H17N3O/c1-8-6-10(14-11(12)13-8)15-7-9-4-2-3-5-9/h6,9H,2-5,7H2,1H3,(H2,12,13,14). The normalized spacial score (nSPS) is 16.9. The second-order valence-corrected chi connectivity index (χ2v) is 4.17. The molecule has 82 valence electrons. The van der Waals surface area contributed by atoms with Gasteiger partial charge in [-0.2, -0.15) is 4.98 Å². The zero-order valence-corrected chi connectivity index (χ0v) is 9.07. The van der Waals surface area contributed by atoms with Gasteiger partial charge in [-0.1, -0.05) is 12.8 Å². The van der Waals surface area contributed by atoms with Crippen molar-refractivity contribution in [2.45, 2.75) is 32.6 Å². The molecule has 1 fully saturated rings. The fourth-order valence-corrected chi connectivity index (χ4v) is 2.02. The van der Waals surface area contributed by atoms with Crippen molar-refractivity contribution in [2.75, 3.05) is 12.3 Å². The van der Waals surface area contributed by atoms with Gasteiger partial charge < -0.3 is 10.5 Å². The molecule has 0 spiro atoms. The van der Waals surface area contributed by atoms with Crippen LogP contribution in [0.15, 0.2) is 6.07 Å². The van der Waals surface area contributed by atoms with Crippen LogP contribution in [0.5, 0.6) is 5.88 Å². The van der Waals surface area contributed by atoms with E-state index in [0.717, 1.165) is 12.3 Å². The van der Waals surface area contributed by atoms with Crippen LogP contribution in [0.4, 0.5) is 5.95 Å². The van der Waals surface area contributed by atoms with E-state index in [9.17, 15) is 0 Å². The molecule has 0 atom stereocenters. The zero-order valence-electron chi connectivity index (χ0n) is 9.07. The Morgan fingerprint density at radius 2 is 2.13 bits per heavy atom. The monoisotopic (exact) mass is 207 g/mol. The van der Waals surface area contributed by atoms with Crippen LogP contribution in [0.2, 0.25) is 0 Å². The predicted octanol–water partition coefficient (Wildman–Crippen LogP) is 1.94. The molecule has 0 amide bonds. The molecule has 1 aromatic rings. The van der Waals surface area contributed by atoms with Gasteiger partial charge in [0.1, 0.15) is 0 Å². The van der Waals surface area contributed by atoms with Crippen molar-refractivity contribution in [3.05, 3.63) is 11.8 Å². The summed E-state index contributed by atoms with van der Waals surface area (Å²) in [6.45, 7) is 2.65. The van der Waals surface area contributed by atoms with E-state index in [0.29, 0.717) is 11.8 Å². The van der Waals surface area contributed by atoms with Gasteiger partial charge in [0, 0.05) is 11.8 Å². The van der Waals surface area contributed by atoms with Crippen LogP contribution >= 0.6 is 0 Å². The third kappa shape index (κ3) is 2.81. The number of nitrogens with two attached hydrogens (primary N) is 1. The van der Waals surface area contributed by atoms with Gasteiger partial charge in [-0.3, -0.25) is 0 Å². The number of hydrogen-bond donors (Lipinski definition) is 1. The zero-order chi connectivity index (χ0) is 10.7. The Labute approximate surface area is 89.9 Å². The maximum absolute atomic E-state index is 5.62. The number of rotatable bonds is 3. The van der Waals surface area contributed by atoms with E-state index in [1.165, 1.54) is 25.7 Å². The van der Waals surface area contributed by atoms with Crippen LogP contribution in [-0.2, 0) is 0 Å². The first-order chi connectivity index (χ1) is 7.24. The summed E-state index contributed by atoms with van der Waals surface area (Å²) in [7, 11) is 0. The minimum absolute atomic E-state index is 0.288. The van der Waals surface area contributed by atoms with Gasteiger partial charge in [-0.15, -0.1) is 0 Å². The van der Waals surface area contributed by atoms with Crippen molar-refractivity contribution in [1.29, 1.82) is 0 Å². The number of anilines is 1. The number of nitrogen functional groups attached to an aromatic ring is 1. The Kier molecular flexibility index (Phi) is 3.04. The first-order valence-corrected chi connectivity index (χ1v) is 5.48. The lowest BCUT2D eigenvalue weighted by molar-refractivity contribution is 0.243. The number of aromatic nitrogens is 2. The molecule has 1 aliphatic rings. The molecule has 4 heteroatoms. The fourth-order valence-electron chi connectivity index (χ4n) is 2.02. The Balaban J connectivity index is 1.92. The molecule has 0 saturated heterocycles. The Bertz CT molecular complexity index is 314. The predicted molar refractivity (Wildman–Crippen MR) is 58.6 cm³/mol. The van der Waals surface area contributed by atoms with Gasteiger partial charge in [0.15, 0.2) is 0 Å². The van der Waals surface area contributed by atoms with E-state index in [-0.39, 0.29) is 5.95 Å². The molecule has 0 aromatic carbocycles. The summed E-state index contributed by atoms with van der Waals surface area (Å²) in [6, 6.07) is 1.82. The van der Waals surface area contributed by atoms with Crippen LogP contribution < -0.4 is 10.5 Å². The Morgan fingerprint density at radius 3 is 2.80 bits per heavy atom. The highest BCUT2D eigenvalue weighted by Crippen LogP contribution is 2.25. The van der Waals surface area contributed by atoms with Crippen LogP contribution in [-0.4, -0.2) is 16.6 Å². The van der Waals surface area contributed by atoms with E-state index in [1.807, 2.05) is 13.0 Å². The van der Waals surface area contributed by atoms with E-state index in [4.69, 9.17) is 10.5 Å². The Morgan fingerprint density at radius 1 is 1.40 bits per heavy atom. The smallest absolute Gasteiger partial charge is 0.223 e. The molecule has 0 radical (unpaired) electrons. The van der Waals surface area contributed by atoms with E-state index in [1.54, 1.807) is 0 Å². The molecule has 1 saturated carbocycles. The largest absolute Gasteiger partial charge is 0.477 e. The minimum atomic E-state index is 0.288. The van der Waals surface area contributed by atoms with Crippen LogP contribution in [0.25, 0.3) is 0 Å². The van der Waals surface area contributed by atoms with Crippen molar-refractivity contribution in [3.63, 3.8) is 0 Å². The average Bonchev–Trinajstić information content (AvgIpc) is 2.65. The van der Waals surface area contributed by atoms with Crippen molar-refractivity contribution in [3.8, 4) is 5.88 Å². The molecule has 15 heavy (non-hydrogen) atoms. The van der Waals surface area contributed by atoms with Crippen molar-refractivity contribution in [2.24, 2.45) is 5.92 Å². The molecule has 0 unspecified atom stereocenters. The molecule has 1 aliphatic carbocycles. The molecule has 1 aromatic heterocycles. The van der Waals surface area contributed by atoms with Gasteiger partial charge >= 0.3 is 0 Å². The molecule has 4 nitrogen and oxygen atoms in total. The summed E-state index contributed by atoms with van der Waals surface area (Å²) in [6.07, 6.45) is 5.22. The maximum atomic E-state index is 5.62. The quantitative estimate of drug-likeness (QED) is 0.822. The lowest BCUT2D eigenvalue weighted by Gasteiger charge is -2.10. The summed E-state index contributed by atoms with van der Waals surface area (Å²) < 4.78 is 5.62. The first-order valence-electron chi connectivity index (χ1n) is 5.48. The number of ether oxygens (including phenoxy) is 1. The van der Waals surface area contributed by atoms with Crippen molar-refractivity contribution >= 4 is 5.95 Å². The molecule has 2 rings (SSSR count). The number of nitrogens with zero attached hydrogens (tertiary/aromatic N) is 2. The van der Waals surface area contributed by atoms with Gasteiger partial charge in [0.05, 0.1) is 6.61 Å². The third-order valence-electron chi connectivity index (χ3n) is 2.79. The van der Waals surface area contributed by atoms with Crippen LogP contribution in [0.1, 0.15) is 31.4 Å². The summed E-state index contributed by atoms with van der Waals surface area (Å²) in [4.78, 5) is 8.04. The SMILES string of the molecule is Cc1cc(OCC2CCCC2)nc(N)n1. The summed E-state index contributed by atoms with van der Waals surface area (Å²) in [5.41, 5.74) is 6.39. The van der Waals surface area contributed by atoms with E-state index in [2.05, 4.69) is 9.97 Å². The molecule has 2 N–H and O–H groups in total. The fraction of sp³-hybridized carbons (Fsp3) is 0.636. The maximum Gasteiger partial charge on any atom is 0.223 e. The number of aryl methyl sites for hydroxylation is 1. The van der Waals surface area contributed by atoms with Crippen molar-refractivity contribution < 1.29 is 4.74 Å². The van der Waals surface area contributed by atoms with E-state index >= 15 is 0 Å². The van der Waals surface area contributed by atoms with Gasteiger partial charge in [-0.25, -0.2) is 4.98 Å². The van der Waals surface area contributed by atoms with Gasteiger partial charge in [-0.05, 0) is 25.7 Å². The lowest BCUT2D eigenvalue weighted by atomic mass is 10.1. The topological polar surface area (TPSA) is 61.0 Å². The highest BCUT2D eigenvalue weighted by Gasteiger charge is 2.15. The summed E-state index contributed by atoms with van der Waals surface area (Å²) in [5, 5.41) is 0. The Hall–Kier alpha value is -1.32. The first kappa shape index (κ1) is 10.2. The lowest BCUT2D eigenvalue weighted by Crippen LogP contribution is -2.10. The summed E-state index contributed by atoms with van der Waals surface area (Å²) in [5.74, 6) is 1.59. The molecular weight excluding hydrogens is 190 g/mol. The highest BCUT2D eigenvalue weighted by molar-refractivity contribution is 5.25. The van der Waals surface area contributed by atoms with Crippen molar-refractivity contribution in [1.82, 2.24) is 9.97 Å². The second-order valence-electron chi connectivity index (χ2n) is 4.17. The summed E-state index contributed by atoms with van der Waals surface area (Å²) >= 11 is 0. The molecule has 0 bridgehead atoms. The van der Waals surface area contributed by atoms with Crippen LogP contribution in [0, 0.1) is 12.8 Å². The van der Waals surface area contributed by atoms with Gasteiger partial charge in [0.2, 0.25) is 11.8 Å². The minimum Gasteiger partial charge on any atom is -0.477 e.